The van der Waals surface area contributed by atoms with Crippen molar-refractivity contribution >= 4 is 0 Å². The zero-order chi connectivity index (χ0) is 14.5. The highest BCUT2D eigenvalue weighted by Gasteiger charge is 2.20. The zero-order valence-corrected chi connectivity index (χ0v) is 13.3. The summed E-state index contributed by atoms with van der Waals surface area (Å²) in [5.74, 6) is 1.82. The molecule has 20 heavy (non-hydrogen) atoms. The van der Waals surface area contributed by atoms with E-state index in [0.29, 0.717) is 6.04 Å². The third-order valence-electron chi connectivity index (χ3n) is 4.50. The van der Waals surface area contributed by atoms with Crippen LogP contribution in [-0.4, -0.2) is 38.7 Å². The van der Waals surface area contributed by atoms with E-state index in [2.05, 4.69) is 49.3 Å². The van der Waals surface area contributed by atoms with Crippen LogP contribution < -0.4 is 10.1 Å². The van der Waals surface area contributed by atoms with E-state index in [1.54, 1.807) is 7.11 Å². The Balaban J connectivity index is 2.05. The number of hydrogen-bond acceptors (Lipinski definition) is 3. The first kappa shape index (κ1) is 15.3. The second kappa shape index (κ2) is 7.09. The predicted molar refractivity (Wildman–Crippen MR) is 84.4 cm³/mol. The number of rotatable bonds is 5. The van der Waals surface area contributed by atoms with Crippen LogP contribution in [0.5, 0.6) is 5.75 Å². The molecule has 0 spiro atoms. The molecule has 112 valence electrons. The second-order valence-corrected chi connectivity index (χ2v) is 6.05. The molecule has 1 unspecified atom stereocenters. The van der Waals surface area contributed by atoms with Crippen molar-refractivity contribution in [1.82, 2.24) is 10.2 Å². The molecular weight excluding hydrogens is 248 g/mol. The molecule has 1 atom stereocenters. The van der Waals surface area contributed by atoms with Crippen molar-refractivity contribution in [1.29, 1.82) is 0 Å². The summed E-state index contributed by atoms with van der Waals surface area (Å²) in [6.07, 6.45) is 2.59. The van der Waals surface area contributed by atoms with Crippen LogP contribution in [0.3, 0.4) is 0 Å². The summed E-state index contributed by atoms with van der Waals surface area (Å²) in [6, 6.07) is 6.84. The molecule has 1 aliphatic rings. The summed E-state index contributed by atoms with van der Waals surface area (Å²) in [6.45, 7) is 7.92. The van der Waals surface area contributed by atoms with Gasteiger partial charge in [-0.05, 0) is 58.8 Å². The standard InChI is InChI=1S/C17H28N2O/c1-13-5-6-17(20-4)16(11-13)14(2)19(3)12-15-7-9-18-10-8-15/h5-6,11,14-15,18H,7-10,12H2,1-4H3. The lowest BCUT2D eigenvalue weighted by atomic mass is 9.96. The Kier molecular flexibility index (Phi) is 5.44. The molecule has 0 amide bonds. The SMILES string of the molecule is COc1ccc(C)cc1C(C)N(C)CC1CCNCC1. The number of nitrogens with one attached hydrogen (secondary N) is 1. The van der Waals surface area contributed by atoms with Crippen molar-refractivity contribution in [2.45, 2.75) is 32.7 Å². The number of methoxy groups -OCH3 is 1. The van der Waals surface area contributed by atoms with Gasteiger partial charge in [-0.3, -0.25) is 4.90 Å². The summed E-state index contributed by atoms with van der Waals surface area (Å²) < 4.78 is 5.52. The van der Waals surface area contributed by atoms with Crippen molar-refractivity contribution < 1.29 is 4.74 Å². The molecule has 3 nitrogen and oxygen atoms in total. The first-order valence-corrected chi connectivity index (χ1v) is 7.67. The minimum Gasteiger partial charge on any atom is -0.496 e. The van der Waals surface area contributed by atoms with E-state index < -0.39 is 0 Å². The van der Waals surface area contributed by atoms with Gasteiger partial charge in [0.15, 0.2) is 0 Å². The zero-order valence-electron chi connectivity index (χ0n) is 13.3. The summed E-state index contributed by atoms with van der Waals surface area (Å²) in [4.78, 5) is 2.47. The molecule has 1 aromatic carbocycles. The van der Waals surface area contributed by atoms with Crippen molar-refractivity contribution in [3.8, 4) is 5.75 Å². The van der Waals surface area contributed by atoms with E-state index in [9.17, 15) is 0 Å². The van der Waals surface area contributed by atoms with Crippen LogP contribution >= 0.6 is 0 Å². The van der Waals surface area contributed by atoms with Gasteiger partial charge in [0.25, 0.3) is 0 Å². The van der Waals surface area contributed by atoms with Crippen molar-refractivity contribution in [2.75, 3.05) is 33.8 Å². The maximum absolute atomic E-state index is 5.52. The molecule has 1 N–H and O–H groups in total. The second-order valence-electron chi connectivity index (χ2n) is 6.05. The minimum absolute atomic E-state index is 0.389. The maximum Gasteiger partial charge on any atom is 0.123 e. The van der Waals surface area contributed by atoms with Gasteiger partial charge in [-0.2, -0.15) is 0 Å². The molecule has 3 heteroatoms. The van der Waals surface area contributed by atoms with Crippen LogP contribution in [-0.2, 0) is 0 Å². The lowest BCUT2D eigenvalue weighted by molar-refractivity contribution is 0.194. The van der Waals surface area contributed by atoms with Gasteiger partial charge in [-0.15, -0.1) is 0 Å². The molecule has 0 saturated carbocycles. The maximum atomic E-state index is 5.52. The molecule has 0 aliphatic carbocycles. The van der Waals surface area contributed by atoms with Crippen LogP contribution in [0.15, 0.2) is 18.2 Å². The lowest BCUT2D eigenvalue weighted by Crippen LogP contribution is -2.35. The van der Waals surface area contributed by atoms with Crippen molar-refractivity contribution in [3.05, 3.63) is 29.3 Å². The summed E-state index contributed by atoms with van der Waals surface area (Å²) in [7, 11) is 3.99. The molecule has 1 aliphatic heterocycles. The first-order chi connectivity index (χ1) is 9.61. The van der Waals surface area contributed by atoms with Gasteiger partial charge in [0.2, 0.25) is 0 Å². The fraction of sp³-hybridized carbons (Fsp3) is 0.647. The number of ether oxygens (including phenoxy) is 1. The summed E-state index contributed by atoms with van der Waals surface area (Å²) in [5.41, 5.74) is 2.59. The van der Waals surface area contributed by atoms with Crippen LogP contribution in [0.25, 0.3) is 0 Å². The van der Waals surface area contributed by atoms with Crippen LogP contribution in [0.4, 0.5) is 0 Å². The average molecular weight is 276 g/mol. The van der Waals surface area contributed by atoms with Gasteiger partial charge in [-0.1, -0.05) is 17.7 Å². The Morgan fingerprint density at radius 3 is 2.70 bits per heavy atom. The molecule has 0 radical (unpaired) electrons. The van der Waals surface area contributed by atoms with Gasteiger partial charge in [0, 0.05) is 18.2 Å². The average Bonchev–Trinajstić information content (AvgIpc) is 2.47. The predicted octanol–water partition coefficient (Wildman–Crippen LogP) is 3.00. The van der Waals surface area contributed by atoms with E-state index in [1.165, 1.54) is 43.6 Å². The molecule has 1 saturated heterocycles. The van der Waals surface area contributed by atoms with E-state index in [0.717, 1.165) is 11.7 Å². The Labute approximate surface area is 123 Å². The molecule has 1 heterocycles. The van der Waals surface area contributed by atoms with Gasteiger partial charge in [-0.25, -0.2) is 0 Å². The number of benzene rings is 1. The molecule has 1 aromatic rings. The van der Waals surface area contributed by atoms with Gasteiger partial charge in [0.1, 0.15) is 5.75 Å². The Morgan fingerprint density at radius 2 is 2.05 bits per heavy atom. The van der Waals surface area contributed by atoms with Crippen LogP contribution in [0, 0.1) is 12.8 Å². The first-order valence-electron chi connectivity index (χ1n) is 7.67. The largest absolute Gasteiger partial charge is 0.496 e. The number of piperidine rings is 1. The Bertz CT molecular complexity index is 427. The highest BCUT2D eigenvalue weighted by molar-refractivity contribution is 5.38. The fourth-order valence-electron chi connectivity index (χ4n) is 3.05. The number of hydrogen-bond donors (Lipinski definition) is 1. The van der Waals surface area contributed by atoms with Crippen LogP contribution in [0.2, 0.25) is 0 Å². The van der Waals surface area contributed by atoms with Gasteiger partial charge in [0.05, 0.1) is 7.11 Å². The summed E-state index contributed by atoms with van der Waals surface area (Å²) >= 11 is 0. The van der Waals surface area contributed by atoms with E-state index in [-0.39, 0.29) is 0 Å². The molecule has 2 rings (SSSR count). The van der Waals surface area contributed by atoms with Crippen molar-refractivity contribution in [3.63, 3.8) is 0 Å². The molecule has 0 aromatic heterocycles. The number of aryl methyl sites for hydroxylation is 1. The molecule has 1 fully saturated rings. The monoisotopic (exact) mass is 276 g/mol. The van der Waals surface area contributed by atoms with Gasteiger partial charge < -0.3 is 10.1 Å². The Morgan fingerprint density at radius 1 is 1.35 bits per heavy atom. The lowest BCUT2D eigenvalue weighted by Gasteiger charge is -2.32. The third kappa shape index (κ3) is 3.74. The fourth-order valence-corrected chi connectivity index (χ4v) is 3.05. The Hall–Kier alpha value is -1.06. The quantitative estimate of drug-likeness (QED) is 0.895. The number of nitrogens with zero attached hydrogens (tertiary/aromatic N) is 1. The molecule has 0 bridgehead atoms. The summed E-state index contributed by atoms with van der Waals surface area (Å²) in [5, 5.41) is 3.44. The smallest absolute Gasteiger partial charge is 0.123 e. The highest BCUT2D eigenvalue weighted by Crippen LogP contribution is 2.30. The molecular formula is C17H28N2O. The topological polar surface area (TPSA) is 24.5 Å². The minimum atomic E-state index is 0.389. The van der Waals surface area contributed by atoms with Gasteiger partial charge >= 0.3 is 0 Å². The van der Waals surface area contributed by atoms with E-state index in [4.69, 9.17) is 4.74 Å². The van der Waals surface area contributed by atoms with Crippen LogP contribution in [0.1, 0.15) is 36.9 Å². The van der Waals surface area contributed by atoms with E-state index >= 15 is 0 Å². The van der Waals surface area contributed by atoms with Crippen molar-refractivity contribution in [2.24, 2.45) is 5.92 Å². The normalized spacial score (nSPS) is 18.2. The highest BCUT2D eigenvalue weighted by atomic mass is 16.5. The van der Waals surface area contributed by atoms with E-state index in [1.807, 2.05) is 0 Å². The third-order valence-corrected chi connectivity index (χ3v) is 4.50.